The van der Waals surface area contributed by atoms with Gasteiger partial charge in [-0.3, -0.25) is 0 Å². The van der Waals surface area contributed by atoms with Gasteiger partial charge in [-0.2, -0.15) is 0 Å². The number of ether oxygens (including phenoxy) is 1. The first kappa shape index (κ1) is 7.92. The SMILES string of the molecule is [B]C1=CC=CC2c3ccccc3OC12. The molecule has 0 N–H and O–H groups in total. The molecule has 2 radical (unpaired) electrons. The van der Waals surface area contributed by atoms with Crippen molar-refractivity contribution in [2.75, 3.05) is 0 Å². The van der Waals surface area contributed by atoms with E-state index in [1.165, 1.54) is 5.56 Å². The van der Waals surface area contributed by atoms with Gasteiger partial charge in [0, 0.05) is 11.5 Å². The van der Waals surface area contributed by atoms with Crippen LogP contribution in [0.15, 0.2) is 48.0 Å². The van der Waals surface area contributed by atoms with Crippen LogP contribution >= 0.6 is 0 Å². The Bertz CT molecular complexity index is 434. The Balaban J connectivity index is 2.11. The second-order valence-corrected chi connectivity index (χ2v) is 3.65. The molecule has 0 aromatic heterocycles. The Labute approximate surface area is 84.5 Å². The maximum absolute atomic E-state index is 5.88. The van der Waals surface area contributed by atoms with Crippen molar-refractivity contribution in [3.63, 3.8) is 0 Å². The van der Waals surface area contributed by atoms with E-state index in [-0.39, 0.29) is 6.10 Å². The molecule has 14 heavy (non-hydrogen) atoms. The molecule has 0 saturated heterocycles. The lowest BCUT2D eigenvalue weighted by atomic mass is 9.79. The predicted molar refractivity (Wildman–Crippen MR) is 56.6 cm³/mol. The molecule has 1 aromatic carbocycles. The average molecular weight is 180 g/mol. The normalized spacial score (nSPS) is 27.6. The highest BCUT2D eigenvalue weighted by Crippen LogP contribution is 2.42. The molecule has 3 rings (SSSR count). The second-order valence-electron chi connectivity index (χ2n) is 3.65. The van der Waals surface area contributed by atoms with Crippen molar-refractivity contribution >= 4 is 7.85 Å². The van der Waals surface area contributed by atoms with Crippen LogP contribution < -0.4 is 4.74 Å². The molecule has 0 bridgehead atoms. The quantitative estimate of drug-likeness (QED) is 0.555. The number of allylic oxidation sites excluding steroid dienone is 2. The van der Waals surface area contributed by atoms with Crippen LogP contribution in [0.3, 0.4) is 0 Å². The second kappa shape index (κ2) is 2.78. The van der Waals surface area contributed by atoms with E-state index in [0.717, 1.165) is 11.2 Å². The summed E-state index contributed by atoms with van der Waals surface area (Å²) in [6, 6.07) is 8.12. The molecule has 1 nitrogen and oxygen atoms in total. The van der Waals surface area contributed by atoms with Gasteiger partial charge >= 0.3 is 0 Å². The molecule has 0 amide bonds. The minimum absolute atomic E-state index is 0.0115. The Morgan fingerprint density at radius 2 is 2.07 bits per heavy atom. The molecule has 1 heterocycles. The third kappa shape index (κ3) is 0.970. The van der Waals surface area contributed by atoms with Crippen molar-refractivity contribution in [1.29, 1.82) is 0 Å². The molecular weight excluding hydrogens is 171 g/mol. The first-order valence-corrected chi connectivity index (χ1v) is 4.76. The summed E-state index contributed by atoms with van der Waals surface area (Å²) in [5.74, 6) is 1.27. The Kier molecular flexibility index (Phi) is 1.57. The van der Waals surface area contributed by atoms with E-state index in [0.29, 0.717) is 5.92 Å². The summed E-state index contributed by atoms with van der Waals surface area (Å²) in [6.45, 7) is 0. The van der Waals surface area contributed by atoms with Crippen molar-refractivity contribution < 1.29 is 4.74 Å². The lowest BCUT2D eigenvalue weighted by Crippen LogP contribution is -2.22. The lowest BCUT2D eigenvalue weighted by Gasteiger charge is -2.20. The van der Waals surface area contributed by atoms with E-state index in [9.17, 15) is 0 Å². The molecule has 2 atom stereocenters. The maximum atomic E-state index is 5.88. The van der Waals surface area contributed by atoms with Crippen molar-refractivity contribution in [3.8, 4) is 5.75 Å². The zero-order chi connectivity index (χ0) is 9.54. The van der Waals surface area contributed by atoms with Gasteiger partial charge in [0.05, 0.1) is 0 Å². The van der Waals surface area contributed by atoms with Crippen LogP contribution in [0.1, 0.15) is 11.5 Å². The Morgan fingerprint density at radius 1 is 1.21 bits per heavy atom. The highest BCUT2D eigenvalue weighted by Gasteiger charge is 2.33. The first-order valence-electron chi connectivity index (χ1n) is 4.76. The zero-order valence-electron chi connectivity index (χ0n) is 7.68. The van der Waals surface area contributed by atoms with E-state index >= 15 is 0 Å². The number of rotatable bonds is 0. The fourth-order valence-corrected chi connectivity index (χ4v) is 2.10. The van der Waals surface area contributed by atoms with Gasteiger partial charge in [-0.25, -0.2) is 0 Å². The first-order chi connectivity index (χ1) is 6.86. The third-order valence-corrected chi connectivity index (χ3v) is 2.79. The molecule has 66 valence electrons. The number of fused-ring (bicyclic) bond motifs is 3. The van der Waals surface area contributed by atoms with Gasteiger partial charge in [0.15, 0.2) is 0 Å². The van der Waals surface area contributed by atoms with Gasteiger partial charge in [0.2, 0.25) is 0 Å². The van der Waals surface area contributed by atoms with Gasteiger partial charge in [-0.1, -0.05) is 41.9 Å². The van der Waals surface area contributed by atoms with Crippen LogP contribution in [-0.2, 0) is 0 Å². The molecular formula is C12H9BO. The van der Waals surface area contributed by atoms with Gasteiger partial charge in [0.25, 0.3) is 0 Å². The zero-order valence-corrected chi connectivity index (χ0v) is 7.68. The van der Waals surface area contributed by atoms with Crippen molar-refractivity contribution in [2.24, 2.45) is 0 Å². The Morgan fingerprint density at radius 3 is 3.00 bits per heavy atom. The van der Waals surface area contributed by atoms with Crippen molar-refractivity contribution in [3.05, 3.63) is 53.5 Å². The molecule has 2 unspecified atom stereocenters. The highest BCUT2D eigenvalue weighted by molar-refractivity contribution is 6.22. The number of hydrogen-bond acceptors (Lipinski definition) is 1. The fourth-order valence-electron chi connectivity index (χ4n) is 2.10. The van der Waals surface area contributed by atoms with E-state index in [1.54, 1.807) is 0 Å². The predicted octanol–water partition coefficient (Wildman–Crippen LogP) is 2.15. The Hall–Kier alpha value is -1.44. The summed E-state index contributed by atoms with van der Waals surface area (Å²) in [5, 5.41) is 0. The molecule has 0 spiro atoms. The summed E-state index contributed by atoms with van der Waals surface area (Å²) < 4.78 is 5.78. The number of hydrogen-bond donors (Lipinski definition) is 0. The highest BCUT2D eigenvalue weighted by atomic mass is 16.5. The van der Waals surface area contributed by atoms with Crippen LogP contribution in [0.2, 0.25) is 0 Å². The van der Waals surface area contributed by atoms with Gasteiger partial charge in [-0.05, 0) is 6.07 Å². The molecule has 2 aliphatic rings. The van der Waals surface area contributed by atoms with E-state index in [1.807, 2.05) is 30.4 Å². The van der Waals surface area contributed by atoms with E-state index in [2.05, 4.69) is 12.1 Å². The summed E-state index contributed by atoms with van der Waals surface area (Å²) >= 11 is 0. The smallest absolute Gasteiger partial charge is 0.124 e. The van der Waals surface area contributed by atoms with Crippen LogP contribution in [-0.4, -0.2) is 14.0 Å². The van der Waals surface area contributed by atoms with Gasteiger partial charge in [-0.15, -0.1) is 0 Å². The van der Waals surface area contributed by atoms with E-state index in [4.69, 9.17) is 12.6 Å². The van der Waals surface area contributed by atoms with Crippen LogP contribution in [0.25, 0.3) is 0 Å². The number of para-hydroxylation sites is 1. The van der Waals surface area contributed by atoms with Gasteiger partial charge in [0.1, 0.15) is 19.7 Å². The molecule has 1 aliphatic heterocycles. The van der Waals surface area contributed by atoms with Crippen LogP contribution in [0, 0.1) is 0 Å². The molecule has 1 aliphatic carbocycles. The molecule has 0 fully saturated rings. The van der Waals surface area contributed by atoms with Gasteiger partial charge < -0.3 is 4.74 Å². The molecule has 2 heteroatoms. The third-order valence-electron chi connectivity index (χ3n) is 2.79. The van der Waals surface area contributed by atoms with Crippen LogP contribution in [0.5, 0.6) is 5.75 Å². The summed E-state index contributed by atoms with van der Waals surface area (Å²) in [4.78, 5) is 0. The summed E-state index contributed by atoms with van der Waals surface area (Å²) in [5.41, 5.74) is 2.05. The molecule has 1 aromatic rings. The summed E-state index contributed by atoms with van der Waals surface area (Å²) in [6.07, 6.45) is 6.07. The van der Waals surface area contributed by atoms with Crippen molar-refractivity contribution in [1.82, 2.24) is 0 Å². The van der Waals surface area contributed by atoms with Crippen LogP contribution in [0.4, 0.5) is 0 Å². The average Bonchev–Trinajstić information content (AvgIpc) is 2.59. The fraction of sp³-hybridized carbons (Fsp3) is 0.167. The maximum Gasteiger partial charge on any atom is 0.124 e. The number of benzene rings is 1. The minimum atomic E-state index is 0.0115. The lowest BCUT2D eigenvalue weighted by molar-refractivity contribution is 0.264. The van der Waals surface area contributed by atoms with Crippen molar-refractivity contribution in [2.45, 2.75) is 12.0 Å². The standard InChI is InChI=1S/C12H9BO/c13-10-6-3-5-9-8-4-1-2-7-11(8)14-12(9)10/h1-7,9,12H. The molecule has 0 saturated carbocycles. The minimum Gasteiger partial charge on any atom is -0.486 e. The monoisotopic (exact) mass is 180 g/mol. The summed E-state index contributed by atoms with van der Waals surface area (Å²) in [7, 11) is 5.88. The largest absolute Gasteiger partial charge is 0.486 e. The van der Waals surface area contributed by atoms with E-state index < -0.39 is 0 Å². The topological polar surface area (TPSA) is 9.23 Å².